The molecule has 0 amide bonds. The molecule has 0 radical (unpaired) electrons. The molecular formula is C45H25N5. The van der Waals surface area contributed by atoms with E-state index < -0.39 is 0 Å². The second-order valence-corrected chi connectivity index (χ2v) is 12.3. The van der Waals surface area contributed by atoms with E-state index in [0.29, 0.717) is 16.7 Å². The molecule has 0 N–H and O–H groups in total. The van der Waals surface area contributed by atoms with Crippen molar-refractivity contribution in [3.63, 3.8) is 0 Å². The highest BCUT2D eigenvalue weighted by Crippen LogP contribution is 2.41. The first kappa shape index (κ1) is 28.8. The lowest BCUT2D eigenvalue weighted by molar-refractivity contribution is 1.18. The fraction of sp³-hybridized carbons (Fsp3) is 0. The normalized spacial score (nSPS) is 11.1. The van der Waals surface area contributed by atoms with Gasteiger partial charge in [-0.2, -0.15) is 15.8 Å². The topological polar surface area (TPSA) is 81.2 Å². The summed E-state index contributed by atoms with van der Waals surface area (Å²) in [6.07, 6.45) is 0. The Morgan fingerprint density at radius 2 is 0.900 bits per heavy atom. The highest BCUT2D eigenvalue weighted by molar-refractivity contribution is 6.11. The van der Waals surface area contributed by atoms with Crippen LogP contribution < -0.4 is 0 Å². The zero-order chi connectivity index (χ0) is 33.8. The SMILES string of the molecule is N#Cc1ccc(-c2ccccc2-n2c3ccccc3c3cc(C#N)ccc32)c(-c2cccc(-n3c4ccccc4c4cc(C#N)ccc43)c2)c1. The lowest BCUT2D eigenvalue weighted by Gasteiger charge is -2.18. The maximum Gasteiger partial charge on any atom is 0.0991 e. The standard InChI is InChI=1S/C45H25N5/c46-26-29-16-19-34(35-10-1-5-14-42(35)50-43-15-6-3-12-37(43)40-24-31(28-48)18-21-45(40)50)38(22-29)32-8-7-9-33(25-32)49-41-13-4-2-11-36(41)39-23-30(27-47)17-20-44(39)49/h1-25H. The van der Waals surface area contributed by atoms with Gasteiger partial charge in [0.15, 0.2) is 0 Å². The quantitative estimate of drug-likeness (QED) is 0.193. The van der Waals surface area contributed by atoms with Gasteiger partial charge in [0.05, 0.1) is 62.7 Å². The second kappa shape index (κ2) is 11.4. The first-order valence-electron chi connectivity index (χ1n) is 16.3. The fourth-order valence-electron chi connectivity index (χ4n) is 7.42. The molecule has 2 aromatic heterocycles. The van der Waals surface area contributed by atoms with Crippen LogP contribution in [0.15, 0.2) is 152 Å². The van der Waals surface area contributed by atoms with Crippen molar-refractivity contribution in [1.82, 2.24) is 9.13 Å². The van der Waals surface area contributed by atoms with Crippen LogP contribution in [0, 0.1) is 34.0 Å². The first-order chi connectivity index (χ1) is 24.7. The molecule has 0 bridgehead atoms. The van der Waals surface area contributed by atoms with Crippen molar-refractivity contribution in [3.05, 3.63) is 168 Å². The van der Waals surface area contributed by atoms with E-state index in [9.17, 15) is 15.8 Å². The summed E-state index contributed by atoms with van der Waals surface area (Å²) < 4.78 is 4.51. The molecule has 0 aliphatic rings. The number of aromatic nitrogens is 2. The smallest absolute Gasteiger partial charge is 0.0991 e. The minimum absolute atomic E-state index is 0.577. The molecule has 0 unspecified atom stereocenters. The van der Waals surface area contributed by atoms with Crippen LogP contribution in [-0.4, -0.2) is 9.13 Å². The number of hydrogen-bond acceptors (Lipinski definition) is 3. The van der Waals surface area contributed by atoms with Gasteiger partial charge < -0.3 is 9.13 Å². The average molecular weight is 636 g/mol. The van der Waals surface area contributed by atoms with E-state index in [-0.39, 0.29) is 0 Å². The van der Waals surface area contributed by atoms with E-state index >= 15 is 0 Å². The van der Waals surface area contributed by atoms with Gasteiger partial charge in [-0.25, -0.2) is 0 Å². The fourth-order valence-corrected chi connectivity index (χ4v) is 7.42. The minimum Gasteiger partial charge on any atom is -0.309 e. The van der Waals surface area contributed by atoms with Gasteiger partial charge in [-0.3, -0.25) is 0 Å². The molecule has 9 rings (SSSR count). The van der Waals surface area contributed by atoms with Crippen LogP contribution in [0.4, 0.5) is 0 Å². The monoisotopic (exact) mass is 635 g/mol. The third kappa shape index (κ3) is 4.38. The van der Waals surface area contributed by atoms with Crippen LogP contribution >= 0.6 is 0 Å². The number of hydrogen-bond donors (Lipinski definition) is 0. The molecule has 50 heavy (non-hydrogen) atoms. The van der Waals surface area contributed by atoms with E-state index in [1.807, 2.05) is 91.0 Å². The molecule has 5 nitrogen and oxygen atoms in total. The molecule has 2 heterocycles. The number of benzene rings is 7. The Hall–Kier alpha value is -7.39. The highest BCUT2D eigenvalue weighted by Gasteiger charge is 2.19. The summed E-state index contributed by atoms with van der Waals surface area (Å²) in [6, 6.07) is 57.9. The highest BCUT2D eigenvalue weighted by atomic mass is 15.0. The van der Waals surface area contributed by atoms with Gasteiger partial charge in [-0.05, 0) is 95.6 Å². The predicted molar refractivity (Wildman–Crippen MR) is 200 cm³/mol. The molecule has 0 atom stereocenters. The van der Waals surface area contributed by atoms with Crippen molar-refractivity contribution in [2.24, 2.45) is 0 Å². The second-order valence-electron chi connectivity index (χ2n) is 12.3. The molecule has 0 saturated heterocycles. The van der Waals surface area contributed by atoms with Crippen molar-refractivity contribution < 1.29 is 0 Å². The molecule has 0 spiro atoms. The summed E-state index contributed by atoms with van der Waals surface area (Å²) in [5.74, 6) is 0. The van der Waals surface area contributed by atoms with E-state index in [1.54, 1.807) is 0 Å². The molecule has 0 saturated carbocycles. The Morgan fingerprint density at radius 3 is 1.58 bits per heavy atom. The number of rotatable bonds is 4. The van der Waals surface area contributed by atoms with Crippen LogP contribution in [0.3, 0.4) is 0 Å². The van der Waals surface area contributed by atoms with Crippen LogP contribution in [-0.2, 0) is 0 Å². The summed E-state index contributed by atoms with van der Waals surface area (Å²) in [6.45, 7) is 0. The van der Waals surface area contributed by atoms with E-state index in [1.165, 1.54) is 0 Å². The largest absolute Gasteiger partial charge is 0.309 e. The Kier molecular flexibility index (Phi) is 6.56. The molecule has 9 aromatic rings. The summed E-state index contributed by atoms with van der Waals surface area (Å²) in [5.41, 5.74) is 11.9. The van der Waals surface area contributed by atoms with Crippen molar-refractivity contribution in [2.45, 2.75) is 0 Å². The van der Waals surface area contributed by atoms with Crippen molar-refractivity contribution in [1.29, 1.82) is 15.8 Å². The summed E-state index contributed by atoms with van der Waals surface area (Å²) in [5, 5.41) is 33.6. The summed E-state index contributed by atoms with van der Waals surface area (Å²) in [7, 11) is 0. The van der Waals surface area contributed by atoms with Crippen LogP contribution in [0.1, 0.15) is 16.7 Å². The van der Waals surface area contributed by atoms with Gasteiger partial charge in [0.2, 0.25) is 0 Å². The van der Waals surface area contributed by atoms with Gasteiger partial charge in [0, 0.05) is 32.8 Å². The third-order valence-corrected chi connectivity index (χ3v) is 9.60. The first-order valence-corrected chi connectivity index (χ1v) is 16.3. The van der Waals surface area contributed by atoms with Crippen LogP contribution in [0.2, 0.25) is 0 Å². The van der Waals surface area contributed by atoms with Crippen molar-refractivity contribution in [3.8, 4) is 51.8 Å². The maximum absolute atomic E-state index is 10.0. The van der Waals surface area contributed by atoms with Crippen molar-refractivity contribution >= 4 is 43.6 Å². The molecular weight excluding hydrogens is 611 g/mol. The van der Waals surface area contributed by atoms with Crippen LogP contribution in [0.25, 0.3) is 77.2 Å². The number of fused-ring (bicyclic) bond motifs is 6. The molecule has 0 aliphatic heterocycles. The summed E-state index contributed by atoms with van der Waals surface area (Å²) >= 11 is 0. The Bertz CT molecular complexity index is 2970. The molecule has 0 fully saturated rings. The summed E-state index contributed by atoms with van der Waals surface area (Å²) in [4.78, 5) is 0. The zero-order valence-corrected chi connectivity index (χ0v) is 26.7. The van der Waals surface area contributed by atoms with Gasteiger partial charge >= 0.3 is 0 Å². The van der Waals surface area contributed by atoms with Gasteiger partial charge in [0.1, 0.15) is 0 Å². The van der Waals surface area contributed by atoms with E-state index in [2.05, 4.69) is 88.0 Å². The maximum atomic E-state index is 10.0. The molecule has 230 valence electrons. The lowest BCUT2D eigenvalue weighted by atomic mass is 9.91. The average Bonchev–Trinajstić information content (AvgIpc) is 3.69. The van der Waals surface area contributed by atoms with Crippen molar-refractivity contribution in [2.75, 3.05) is 0 Å². The van der Waals surface area contributed by atoms with Gasteiger partial charge in [0.25, 0.3) is 0 Å². The zero-order valence-electron chi connectivity index (χ0n) is 26.7. The Morgan fingerprint density at radius 1 is 0.360 bits per heavy atom. The van der Waals surface area contributed by atoms with Crippen LogP contribution in [0.5, 0.6) is 0 Å². The third-order valence-electron chi connectivity index (χ3n) is 9.60. The molecule has 0 aliphatic carbocycles. The Balaban J connectivity index is 1.28. The Labute approximate surface area is 287 Å². The number of para-hydroxylation sites is 3. The number of nitrogens with zero attached hydrogens (tertiary/aromatic N) is 5. The molecule has 5 heteroatoms. The van der Waals surface area contributed by atoms with E-state index in [4.69, 9.17) is 0 Å². The lowest BCUT2D eigenvalue weighted by Crippen LogP contribution is -1.99. The minimum atomic E-state index is 0.577. The van der Waals surface area contributed by atoms with Gasteiger partial charge in [-0.15, -0.1) is 0 Å². The number of nitriles is 3. The molecule has 7 aromatic carbocycles. The van der Waals surface area contributed by atoms with Gasteiger partial charge in [-0.1, -0.05) is 72.8 Å². The predicted octanol–water partition coefficient (Wildman–Crippen LogP) is 10.8. The van der Waals surface area contributed by atoms with E-state index in [0.717, 1.165) is 77.2 Å².